The smallest absolute Gasteiger partial charge is 0.0907 e. The van der Waals surface area contributed by atoms with E-state index in [0.717, 1.165) is 10.5 Å². The second-order valence-corrected chi connectivity index (χ2v) is 5.67. The number of aryl methyl sites for hydroxylation is 1. The number of fused-ring (bicyclic) bond motifs is 1. The van der Waals surface area contributed by atoms with Crippen molar-refractivity contribution in [3.63, 3.8) is 0 Å². The summed E-state index contributed by atoms with van der Waals surface area (Å²) in [7, 11) is 0. The normalized spacial score (nSPS) is 16.9. The van der Waals surface area contributed by atoms with Gasteiger partial charge in [0.15, 0.2) is 0 Å². The van der Waals surface area contributed by atoms with Crippen molar-refractivity contribution in [2.45, 2.75) is 26.2 Å². The Morgan fingerprint density at radius 3 is 2.81 bits per heavy atom. The third kappa shape index (κ3) is 1.80. The number of hydrogen-bond donors (Lipinski definition) is 0. The fourth-order valence-electron chi connectivity index (χ4n) is 2.38. The first-order chi connectivity index (χ1) is 7.83. The SMILES string of the molecule is Cc1nc2cc(N3CCCCC3)ccc2s1. The van der Waals surface area contributed by atoms with Crippen LogP contribution in [0.3, 0.4) is 0 Å². The lowest BCUT2D eigenvalue weighted by atomic mass is 10.1. The number of benzene rings is 1. The van der Waals surface area contributed by atoms with E-state index in [9.17, 15) is 0 Å². The molecule has 0 radical (unpaired) electrons. The van der Waals surface area contributed by atoms with Gasteiger partial charge in [0.2, 0.25) is 0 Å². The summed E-state index contributed by atoms with van der Waals surface area (Å²) in [5.41, 5.74) is 2.50. The van der Waals surface area contributed by atoms with Crippen LogP contribution >= 0.6 is 11.3 Å². The van der Waals surface area contributed by atoms with Crippen molar-refractivity contribution in [1.29, 1.82) is 0 Å². The van der Waals surface area contributed by atoms with Crippen LogP contribution in [0.1, 0.15) is 24.3 Å². The van der Waals surface area contributed by atoms with Crippen LogP contribution in [0.25, 0.3) is 10.2 Å². The minimum absolute atomic E-state index is 1.16. The molecule has 1 fully saturated rings. The van der Waals surface area contributed by atoms with E-state index < -0.39 is 0 Å². The average molecular weight is 232 g/mol. The van der Waals surface area contributed by atoms with Crippen molar-refractivity contribution in [3.05, 3.63) is 23.2 Å². The van der Waals surface area contributed by atoms with E-state index in [1.807, 2.05) is 0 Å². The van der Waals surface area contributed by atoms with Crippen LogP contribution in [0.15, 0.2) is 18.2 Å². The van der Waals surface area contributed by atoms with E-state index in [2.05, 4.69) is 35.0 Å². The van der Waals surface area contributed by atoms with Crippen LogP contribution in [0.4, 0.5) is 5.69 Å². The van der Waals surface area contributed by atoms with Gasteiger partial charge in [-0.15, -0.1) is 11.3 Å². The van der Waals surface area contributed by atoms with Crippen LogP contribution in [0.5, 0.6) is 0 Å². The van der Waals surface area contributed by atoms with Gasteiger partial charge in [0.05, 0.1) is 15.2 Å². The number of piperidine rings is 1. The van der Waals surface area contributed by atoms with E-state index in [4.69, 9.17) is 0 Å². The summed E-state index contributed by atoms with van der Waals surface area (Å²) in [6.45, 7) is 4.48. The number of aromatic nitrogens is 1. The first kappa shape index (κ1) is 10.1. The fraction of sp³-hybridized carbons (Fsp3) is 0.462. The summed E-state index contributed by atoms with van der Waals surface area (Å²) in [6.07, 6.45) is 4.04. The van der Waals surface area contributed by atoms with Gasteiger partial charge in [0, 0.05) is 18.8 Å². The number of nitrogens with zero attached hydrogens (tertiary/aromatic N) is 2. The largest absolute Gasteiger partial charge is 0.371 e. The van der Waals surface area contributed by atoms with Crippen molar-refractivity contribution in [2.75, 3.05) is 18.0 Å². The number of rotatable bonds is 1. The van der Waals surface area contributed by atoms with Crippen LogP contribution in [0, 0.1) is 6.92 Å². The van der Waals surface area contributed by atoms with Crippen molar-refractivity contribution in [1.82, 2.24) is 4.98 Å². The summed E-state index contributed by atoms with van der Waals surface area (Å²) in [5, 5.41) is 1.16. The Morgan fingerprint density at radius 1 is 1.19 bits per heavy atom. The van der Waals surface area contributed by atoms with Crippen LogP contribution in [-0.4, -0.2) is 18.1 Å². The fourth-order valence-corrected chi connectivity index (χ4v) is 3.19. The average Bonchev–Trinajstić information content (AvgIpc) is 2.69. The summed E-state index contributed by atoms with van der Waals surface area (Å²) >= 11 is 1.78. The van der Waals surface area contributed by atoms with Crippen LogP contribution in [-0.2, 0) is 0 Å². The molecule has 2 nitrogen and oxygen atoms in total. The monoisotopic (exact) mass is 232 g/mol. The molecule has 84 valence electrons. The predicted molar refractivity (Wildman–Crippen MR) is 70.4 cm³/mol. The van der Waals surface area contributed by atoms with Gasteiger partial charge in [0.25, 0.3) is 0 Å². The molecule has 1 aliphatic heterocycles. The maximum Gasteiger partial charge on any atom is 0.0907 e. The minimum atomic E-state index is 1.16. The van der Waals surface area contributed by atoms with E-state index in [0.29, 0.717) is 0 Å². The summed E-state index contributed by atoms with van der Waals surface area (Å²) in [4.78, 5) is 7.04. The van der Waals surface area contributed by atoms with Crippen molar-refractivity contribution in [2.24, 2.45) is 0 Å². The molecule has 2 aromatic rings. The zero-order valence-electron chi connectivity index (χ0n) is 9.57. The van der Waals surface area contributed by atoms with E-state index in [-0.39, 0.29) is 0 Å². The highest BCUT2D eigenvalue weighted by Gasteiger charge is 2.11. The minimum Gasteiger partial charge on any atom is -0.371 e. The molecule has 1 aromatic heterocycles. The highest BCUT2D eigenvalue weighted by Crippen LogP contribution is 2.27. The molecule has 16 heavy (non-hydrogen) atoms. The van der Waals surface area contributed by atoms with Crippen LogP contribution < -0.4 is 4.90 Å². The topological polar surface area (TPSA) is 16.1 Å². The van der Waals surface area contributed by atoms with Gasteiger partial charge in [-0.2, -0.15) is 0 Å². The zero-order chi connectivity index (χ0) is 11.0. The molecule has 2 heterocycles. The summed E-state index contributed by atoms with van der Waals surface area (Å²) in [5.74, 6) is 0. The Hall–Kier alpha value is -1.09. The highest BCUT2D eigenvalue weighted by molar-refractivity contribution is 7.18. The maximum absolute atomic E-state index is 4.56. The lowest BCUT2D eigenvalue weighted by molar-refractivity contribution is 0.578. The van der Waals surface area contributed by atoms with Crippen molar-refractivity contribution in [3.8, 4) is 0 Å². The zero-order valence-corrected chi connectivity index (χ0v) is 10.4. The molecule has 0 bridgehead atoms. The molecule has 0 aliphatic carbocycles. The summed E-state index contributed by atoms with van der Waals surface area (Å²) < 4.78 is 1.30. The van der Waals surface area contributed by atoms with Gasteiger partial charge >= 0.3 is 0 Å². The predicted octanol–water partition coefficient (Wildman–Crippen LogP) is 3.60. The number of thiazole rings is 1. The number of anilines is 1. The Bertz CT molecular complexity index is 498. The van der Waals surface area contributed by atoms with Gasteiger partial charge in [-0.1, -0.05) is 0 Å². The standard InChI is InChI=1S/C13H16N2S/c1-10-14-12-9-11(5-6-13(12)16-10)15-7-3-2-4-8-15/h5-6,9H,2-4,7-8H2,1H3. The Kier molecular flexibility index (Phi) is 2.56. The molecule has 1 aliphatic rings. The van der Waals surface area contributed by atoms with Gasteiger partial charge < -0.3 is 4.90 Å². The third-order valence-corrected chi connectivity index (χ3v) is 4.15. The molecule has 3 heteroatoms. The van der Waals surface area contributed by atoms with Gasteiger partial charge in [-0.3, -0.25) is 0 Å². The third-order valence-electron chi connectivity index (χ3n) is 3.20. The first-order valence-electron chi connectivity index (χ1n) is 5.95. The molecular weight excluding hydrogens is 216 g/mol. The quantitative estimate of drug-likeness (QED) is 0.747. The maximum atomic E-state index is 4.56. The Morgan fingerprint density at radius 2 is 2.00 bits per heavy atom. The molecule has 0 saturated carbocycles. The van der Waals surface area contributed by atoms with Crippen molar-refractivity contribution < 1.29 is 0 Å². The molecule has 0 atom stereocenters. The van der Waals surface area contributed by atoms with E-state index >= 15 is 0 Å². The Balaban J connectivity index is 1.97. The highest BCUT2D eigenvalue weighted by atomic mass is 32.1. The second-order valence-electron chi connectivity index (χ2n) is 4.43. The lowest BCUT2D eigenvalue weighted by Crippen LogP contribution is -2.29. The summed E-state index contributed by atoms with van der Waals surface area (Å²) in [6, 6.07) is 6.69. The molecule has 0 spiro atoms. The van der Waals surface area contributed by atoms with Gasteiger partial charge in [-0.05, 0) is 44.4 Å². The Labute approximate surface area is 99.9 Å². The molecule has 0 unspecified atom stereocenters. The van der Waals surface area contributed by atoms with E-state index in [1.165, 1.54) is 42.7 Å². The number of hydrogen-bond acceptors (Lipinski definition) is 3. The van der Waals surface area contributed by atoms with E-state index in [1.54, 1.807) is 11.3 Å². The van der Waals surface area contributed by atoms with Crippen molar-refractivity contribution >= 4 is 27.2 Å². The molecule has 0 amide bonds. The van der Waals surface area contributed by atoms with Gasteiger partial charge in [-0.25, -0.2) is 4.98 Å². The van der Waals surface area contributed by atoms with Crippen LogP contribution in [0.2, 0.25) is 0 Å². The molecule has 3 rings (SSSR count). The second kappa shape index (κ2) is 4.06. The molecule has 1 saturated heterocycles. The molecule has 0 N–H and O–H groups in total. The molecular formula is C13H16N2S. The lowest BCUT2D eigenvalue weighted by Gasteiger charge is -2.28. The molecule has 1 aromatic carbocycles. The van der Waals surface area contributed by atoms with Gasteiger partial charge in [0.1, 0.15) is 0 Å². The first-order valence-corrected chi connectivity index (χ1v) is 6.77.